The molecule has 2 nitrogen and oxygen atoms in total. The van der Waals surface area contributed by atoms with Crippen molar-refractivity contribution in [3.63, 3.8) is 0 Å². The van der Waals surface area contributed by atoms with Crippen LogP contribution in [0.2, 0.25) is 0 Å². The number of hydrogen-bond acceptors (Lipinski definition) is 1. The normalized spacial score (nSPS) is 23.1. The largest absolute Gasteiger partial charge is 0.335 e. The smallest absolute Gasteiger partial charge is 0.254 e. The molecule has 1 aromatic rings. The van der Waals surface area contributed by atoms with Gasteiger partial charge in [0.05, 0.1) is 12.5 Å². The first-order valence-electron chi connectivity index (χ1n) is 6.71. The molecular weight excluding hydrogens is 267 g/mol. The molecule has 0 spiro atoms. The standard InChI is InChI=1S/C15H18F3NO/c1-10-6-7-19(13(20)9-15(2,17)18)14(10)11-4-3-5-12(16)8-11/h3-5,8,10,14H,6-7,9H2,1-2H3/t10-,14-/m1/s1. The predicted octanol–water partition coefficient (Wildman–Crippen LogP) is 3.78. The lowest BCUT2D eigenvalue weighted by molar-refractivity contribution is -0.139. The summed E-state index contributed by atoms with van der Waals surface area (Å²) in [5.41, 5.74) is 0.669. The fourth-order valence-electron chi connectivity index (χ4n) is 2.79. The molecular formula is C15H18F3NO. The maximum absolute atomic E-state index is 13.3. The molecule has 0 aromatic heterocycles. The average molecular weight is 285 g/mol. The minimum atomic E-state index is -3.02. The van der Waals surface area contributed by atoms with Gasteiger partial charge in [-0.3, -0.25) is 4.79 Å². The number of halogens is 3. The Hall–Kier alpha value is -1.52. The van der Waals surface area contributed by atoms with E-state index in [4.69, 9.17) is 0 Å². The van der Waals surface area contributed by atoms with E-state index in [-0.39, 0.29) is 17.8 Å². The third kappa shape index (κ3) is 3.32. The lowest BCUT2D eigenvalue weighted by Crippen LogP contribution is -2.35. The van der Waals surface area contributed by atoms with Crippen LogP contribution in [0.25, 0.3) is 0 Å². The highest BCUT2D eigenvalue weighted by Gasteiger charge is 2.38. The van der Waals surface area contributed by atoms with Gasteiger partial charge in [-0.05, 0) is 37.0 Å². The highest BCUT2D eigenvalue weighted by Crippen LogP contribution is 2.38. The van der Waals surface area contributed by atoms with Gasteiger partial charge >= 0.3 is 0 Å². The Morgan fingerprint density at radius 2 is 2.15 bits per heavy atom. The lowest BCUT2D eigenvalue weighted by atomic mass is 9.95. The van der Waals surface area contributed by atoms with Crippen molar-refractivity contribution in [2.24, 2.45) is 5.92 Å². The third-order valence-electron chi connectivity index (χ3n) is 3.67. The van der Waals surface area contributed by atoms with Crippen molar-refractivity contribution < 1.29 is 18.0 Å². The molecule has 2 rings (SSSR count). The molecule has 1 aliphatic rings. The van der Waals surface area contributed by atoms with Crippen molar-refractivity contribution in [1.29, 1.82) is 0 Å². The van der Waals surface area contributed by atoms with Gasteiger partial charge in [-0.15, -0.1) is 0 Å². The molecule has 0 radical (unpaired) electrons. The minimum absolute atomic E-state index is 0.131. The first-order chi connectivity index (χ1) is 9.28. The number of amides is 1. The van der Waals surface area contributed by atoms with Gasteiger partial charge in [0.15, 0.2) is 0 Å². The molecule has 1 aromatic carbocycles. The topological polar surface area (TPSA) is 20.3 Å². The van der Waals surface area contributed by atoms with E-state index in [1.54, 1.807) is 12.1 Å². The first-order valence-corrected chi connectivity index (χ1v) is 6.71. The lowest BCUT2D eigenvalue weighted by Gasteiger charge is -2.28. The Bertz CT molecular complexity index is 498. The van der Waals surface area contributed by atoms with E-state index in [2.05, 4.69) is 0 Å². The fourth-order valence-corrected chi connectivity index (χ4v) is 2.79. The SMILES string of the molecule is C[C@@H]1CCN(C(=O)CC(C)(F)F)[C@H]1c1cccc(F)c1. The summed E-state index contributed by atoms with van der Waals surface area (Å²) in [7, 11) is 0. The van der Waals surface area contributed by atoms with Crippen molar-refractivity contribution >= 4 is 5.91 Å². The number of benzene rings is 1. The molecule has 1 heterocycles. The molecule has 20 heavy (non-hydrogen) atoms. The molecule has 0 saturated carbocycles. The van der Waals surface area contributed by atoms with Crippen molar-refractivity contribution in [1.82, 2.24) is 4.90 Å². The zero-order valence-corrected chi connectivity index (χ0v) is 11.6. The quantitative estimate of drug-likeness (QED) is 0.827. The number of likely N-dealkylation sites (tertiary alicyclic amines) is 1. The van der Waals surface area contributed by atoms with Crippen molar-refractivity contribution in [2.45, 2.75) is 38.7 Å². The van der Waals surface area contributed by atoms with E-state index in [1.807, 2.05) is 6.92 Å². The first kappa shape index (κ1) is 14.9. The number of hydrogen-bond donors (Lipinski definition) is 0. The average Bonchev–Trinajstić information content (AvgIpc) is 2.69. The third-order valence-corrected chi connectivity index (χ3v) is 3.67. The summed E-state index contributed by atoms with van der Waals surface area (Å²) in [5, 5.41) is 0. The maximum atomic E-state index is 13.3. The van der Waals surface area contributed by atoms with Crippen LogP contribution in [0.15, 0.2) is 24.3 Å². The van der Waals surface area contributed by atoms with E-state index in [0.717, 1.165) is 13.3 Å². The molecule has 5 heteroatoms. The molecule has 0 N–H and O–H groups in total. The predicted molar refractivity (Wildman–Crippen MR) is 69.9 cm³/mol. The number of carbonyl (C=O) groups excluding carboxylic acids is 1. The number of nitrogens with zero attached hydrogens (tertiary/aromatic N) is 1. The van der Waals surface area contributed by atoms with Crippen LogP contribution in [0.4, 0.5) is 13.2 Å². The molecule has 1 amide bonds. The van der Waals surface area contributed by atoms with Crippen LogP contribution in [-0.2, 0) is 4.79 Å². The van der Waals surface area contributed by atoms with Gasteiger partial charge in [-0.1, -0.05) is 19.1 Å². The number of rotatable bonds is 3. The van der Waals surface area contributed by atoms with Gasteiger partial charge in [0.25, 0.3) is 5.92 Å². The van der Waals surface area contributed by atoms with Crippen LogP contribution in [0.3, 0.4) is 0 Å². The number of alkyl halides is 2. The maximum Gasteiger partial charge on any atom is 0.254 e. The Balaban J connectivity index is 2.23. The summed E-state index contributed by atoms with van der Waals surface area (Å²) in [4.78, 5) is 13.5. The second kappa shape index (κ2) is 5.46. The van der Waals surface area contributed by atoms with E-state index in [9.17, 15) is 18.0 Å². The van der Waals surface area contributed by atoms with E-state index in [1.165, 1.54) is 17.0 Å². The van der Waals surface area contributed by atoms with Crippen LogP contribution in [-0.4, -0.2) is 23.3 Å². The number of carbonyl (C=O) groups is 1. The van der Waals surface area contributed by atoms with E-state index < -0.39 is 18.3 Å². The zero-order chi connectivity index (χ0) is 14.9. The van der Waals surface area contributed by atoms with Crippen LogP contribution >= 0.6 is 0 Å². The van der Waals surface area contributed by atoms with Crippen molar-refractivity contribution in [3.05, 3.63) is 35.6 Å². The molecule has 1 saturated heterocycles. The molecule has 110 valence electrons. The molecule has 0 unspecified atom stereocenters. The highest BCUT2D eigenvalue weighted by atomic mass is 19.3. The Kier molecular flexibility index (Phi) is 4.06. The summed E-state index contributed by atoms with van der Waals surface area (Å²) in [6.45, 7) is 3.13. The minimum Gasteiger partial charge on any atom is -0.335 e. The van der Waals surface area contributed by atoms with Crippen molar-refractivity contribution in [2.75, 3.05) is 6.54 Å². The summed E-state index contributed by atoms with van der Waals surface area (Å²) >= 11 is 0. The second-order valence-electron chi connectivity index (χ2n) is 5.60. The van der Waals surface area contributed by atoms with Crippen LogP contribution in [0, 0.1) is 11.7 Å². The van der Waals surface area contributed by atoms with Gasteiger partial charge in [0.2, 0.25) is 5.91 Å². The van der Waals surface area contributed by atoms with E-state index >= 15 is 0 Å². The van der Waals surface area contributed by atoms with Crippen LogP contribution in [0.5, 0.6) is 0 Å². The summed E-state index contributed by atoms with van der Waals surface area (Å²) in [5.74, 6) is -3.84. The Morgan fingerprint density at radius 1 is 1.45 bits per heavy atom. The molecule has 0 aliphatic carbocycles. The van der Waals surface area contributed by atoms with Crippen LogP contribution in [0.1, 0.15) is 38.3 Å². The monoisotopic (exact) mass is 285 g/mol. The molecule has 2 atom stereocenters. The van der Waals surface area contributed by atoms with Crippen molar-refractivity contribution in [3.8, 4) is 0 Å². The van der Waals surface area contributed by atoms with E-state index in [0.29, 0.717) is 12.1 Å². The summed E-state index contributed by atoms with van der Waals surface area (Å²) in [6, 6.07) is 5.69. The molecule has 1 aliphatic heterocycles. The highest BCUT2D eigenvalue weighted by molar-refractivity contribution is 5.78. The fraction of sp³-hybridized carbons (Fsp3) is 0.533. The molecule has 1 fully saturated rings. The summed E-state index contributed by atoms with van der Waals surface area (Å²) < 4.78 is 39.3. The summed E-state index contributed by atoms with van der Waals surface area (Å²) in [6.07, 6.45) is -0.0618. The van der Waals surface area contributed by atoms with Gasteiger partial charge < -0.3 is 4.90 Å². The Labute approximate surface area is 116 Å². The van der Waals surface area contributed by atoms with Gasteiger partial charge in [0.1, 0.15) is 5.82 Å². The second-order valence-corrected chi connectivity index (χ2v) is 5.60. The van der Waals surface area contributed by atoms with Crippen LogP contribution < -0.4 is 0 Å². The Morgan fingerprint density at radius 3 is 2.75 bits per heavy atom. The van der Waals surface area contributed by atoms with Gasteiger partial charge in [-0.25, -0.2) is 13.2 Å². The zero-order valence-electron chi connectivity index (χ0n) is 11.6. The molecule has 0 bridgehead atoms. The van der Waals surface area contributed by atoms with Gasteiger partial charge in [-0.2, -0.15) is 0 Å². The van der Waals surface area contributed by atoms with Gasteiger partial charge in [0, 0.05) is 6.54 Å².